The van der Waals surface area contributed by atoms with Crippen LogP contribution in [0, 0.1) is 5.92 Å². The van der Waals surface area contributed by atoms with E-state index in [0.717, 1.165) is 0 Å². The lowest BCUT2D eigenvalue weighted by atomic mass is 9.97. The molecule has 5 nitrogen and oxygen atoms in total. The molecule has 3 unspecified atom stereocenters. The predicted octanol–water partition coefficient (Wildman–Crippen LogP) is 3.17. The van der Waals surface area contributed by atoms with E-state index in [9.17, 15) is 43.9 Å². The van der Waals surface area contributed by atoms with Gasteiger partial charge in [0.25, 0.3) is 0 Å². The third kappa shape index (κ3) is 7.08. The van der Waals surface area contributed by atoms with Gasteiger partial charge in [-0.25, -0.2) is 4.39 Å². The Morgan fingerprint density at radius 1 is 0.724 bits per heavy atom. The summed E-state index contributed by atoms with van der Waals surface area (Å²) in [5.74, 6) is -11.6. The number of rotatable bonds is 11. The fraction of sp³-hybridized carbons (Fsp3) is 1.00. The van der Waals surface area contributed by atoms with Crippen molar-refractivity contribution in [3.8, 4) is 0 Å². The molecule has 0 spiro atoms. The Balaban J connectivity index is 2.19. The second-order valence-electron chi connectivity index (χ2n) is 6.38. The molecule has 2 heterocycles. The summed E-state index contributed by atoms with van der Waals surface area (Å²) in [4.78, 5) is 0. The number of hydrogen-bond donors (Lipinski definition) is 0. The maximum absolute atomic E-state index is 14.5. The Labute approximate surface area is 157 Å². The third-order valence-electron chi connectivity index (χ3n) is 3.77. The lowest BCUT2D eigenvalue weighted by Crippen LogP contribution is -2.61. The molecule has 3 atom stereocenters. The predicted molar refractivity (Wildman–Crippen MR) is 71.5 cm³/mol. The Morgan fingerprint density at radius 2 is 1.10 bits per heavy atom. The normalized spacial score (nSPS) is 25.8. The van der Waals surface area contributed by atoms with Crippen molar-refractivity contribution < 1.29 is 67.6 Å². The minimum absolute atomic E-state index is 0.223. The average Bonchev–Trinajstić information content (AvgIpc) is 3.38. The van der Waals surface area contributed by atoms with Crippen LogP contribution >= 0.6 is 0 Å². The van der Waals surface area contributed by atoms with Crippen molar-refractivity contribution in [1.29, 1.82) is 0 Å². The maximum atomic E-state index is 14.5. The van der Waals surface area contributed by atoms with Crippen LogP contribution in [0.1, 0.15) is 0 Å². The Kier molecular flexibility index (Phi) is 7.30. The standard InChI is InChI=1S/C14H16F10O5/c15-11(14(22,23)24,10(12(16,17)18)13(19,20)21)29-9(3-25-1-7-5-27-7)4-26-2-8-6-28-8/h7-10H,1-6H2. The van der Waals surface area contributed by atoms with Crippen LogP contribution < -0.4 is 0 Å². The van der Waals surface area contributed by atoms with E-state index >= 15 is 0 Å². The van der Waals surface area contributed by atoms with Gasteiger partial charge in [-0.3, -0.25) is 0 Å². The van der Waals surface area contributed by atoms with Crippen LogP contribution in [-0.2, 0) is 23.7 Å². The molecular weight excluding hydrogens is 438 g/mol. The molecule has 0 saturated carbocycles. The summed E-state index contributed by atoms with van der Waals surface area (Å²) in [6, 6.07) is 0. The molecule has 0 aliphatic carbocycles. The van der Waals surface area contributed by atoms with E-state index in [1.807, 2.05) is 0 Å². The van der Waals surface area contributed by atoms with Gasteiger partial charge >= 0.3 is 24.4 Å². The molecule has 0 N–H and O–H groups in total. The first-order valence-corrected chi connectivity index (χ1v) is 8.10. The smallest absolute Gasteiger partial charge is 0.376 e. The van der Waals surface area contributed by atoms with Crippen molar-refractivity contribution in [2.24, 2.45) is 5.92 Å². The monoisotopic (exact) mass is 454 g/mol. The van der Waals surface area contributed by atoms with Crippen LogP contribution in [0.25, 0.3) is 0 Å². The molecule has 2 fully saturated rings. The van der Waals surface area contributed by atoms with Crippen molar-refractivity contribution >= 4 is 0 Å². The van der Waals surface area contributed by atoms with Gasteiger partial charge in [0.1, 0.15) is 18.3 Å². The number of ether oxygens (including phenoxy) is 5. The molecule has 29 heavy (non-hydrogen) atoms. The number of hydrogen-bond acceptors (Lipinski definition) is 5. The van der Waals surface area contributed by atoms with Gasteiger partial charge in [0, 0.05) is 0 Å². The maximum Gasteiger partial charge on any atom is 0.449 e. The van der Waals surface area contributed by atoms with Crippen molar-refractivity contribution in [3.63, 3.8) is 0 Å². The van der Waals surface area contributed by atoms with E-state index in [-0.39, 0.29) is 26.4 Å². The highest BCUT2D eigenvalue weighted by Gasteiger charge is 2.78. The van der Waals surface area contributed by atoms with Gasteiger partial charge in [0.15, 0.2) is 0 Å². The topological polar surface area (TPSA) is 52.8 Å². The molecule has 0 amide bonds. The number of epoxide rings is 2. The van der Waals surface area contributed by atoms with Gasteiger partial charge in [0.05, 0.1) is 39.6 Å². The SMILES string of the molecule is FC(F)(F)C(C(F)(F)F)C(F)(OC(COCC1CO1)COCC1CO1)C(F)(F)F. The first kappa shape index (κ1) is 24.4. The zero-order valence-electron chi connectivity index (χ0n) is 14.4. The Hall–Kier alpha value is -0.900. The number of halogens is 10. The zero-order chi connectivity index (χ0) is 22.1. The van der Waals surface area contributed by atoms with E-state index in [0.29, 0.717) is 0 Å². The minimum Gasteiger partial charge on any atom is -0.376 e. The molecule has 2 saturated heterocycles. The lowest BCUT2D eigenvalue weighted by Gasteiger charge is -2.38. The summed E-state index contributed by atoms with van der Waals surface area (Å²) in [6.45, 7) is -1.87. The molecule has 0 bridgehead atoms. The van der Waals surface area contributed by atoms with E-state index < -0.39 is 61.8 Å². The molecule has 0 aromatic heterocycles. The van der Waals surface area contributed by atoms with E-state index in [1.165, 1.54) is 0 Å². The van der Waals surface area contributed by atoms with Gasteiger partial charge in [-0.15, -0.1) is 0 Å². The molecule has 0 aromatic rings. The highest BCUT2D eigenvalue weighted by molar-refractivity contribution is 4.95. The Bertz CT molecular complexity index is 496. The lowest BCUT2D eigenvalue weighted by molar-refractivity contribution is -0.438. The molecule has 0 aromatic carbocycles. The largest absolute Gasteiger partial charge is 0.449 e. The highest BCUT2D eigenvalue weighted by Crippen LogP contribution is 2.54. The highest BCUT2D eigenvalue weighted by atomic mass is 19.4. The summed E-state index contributed by atoms with van der Waals surface area (Å²) in [5, 5.41) is 0. The van der Waals surface area contributed by atoms with Gasteiger partial charge in [0.2, 0.25) is 5.92 Å². The molecule has 0 radical (unpaired) electrons. The third-order valence-corrected chi connectivity index (χ3v) is 3.77. The first-order chi connectivity index (χ1) is 13.1. The first-order valence-electron chi connectivity index (χ1n) is 8.10. The van der Waals surface area contributed by atoms with E-state index in [4.69, 9.17) is 18.9 Å². The van der Waals surface area contributed by atoms with Gasteiger partial charge in [-0.1, -0.05) is 0 Å². The fourth-order valence-electron chi connectivity index (χ4n) is 2.25. The van der Waals surface area contributed by atoms with Crippen molar-refractivity contribution in [2.45, 2.75) is 42.7 Å². The Morgan fingerprint density at radius 3 is 1.38 bits per heavy atom. The van der Waals surface area contributed by atoms with Crippen LogP contribution in [-0.4, -0.2) is 82.3 Å². The molecule has 15 heteroatoms. The second-order valence-corrected chi connectivity index (χ2v) is 6.38. The second kappa shape index (κ2) is 8.69. The number of alkyl halides is 10. The summed E-state index contributed by atoms with van der Waals surface area (Å²) >= 11 is 0. The summed E-state index contributed by atoms with van der Waals surface area (Å²) < 4.78 is 153. The van der Waals surface area contributed by atoms with Gasteiger partial charge < -0.3 is 23.7 Å². The van der Waals surface area contributed by atoms with Crippen LogP contribution in [0.3, 0.4) is 0 Å². The molecule has 2 rings (SSSR count). The molecule has 2 aliphatic heterocycles. The molecular formula is C14H16F10O5. The molecule has 2 aliphatic rings. The minimum atomic E-state index is -6.67. The zero-order valence-corrected chi connectivity index (χ0v) is 14.4. The van der Waals surface area contributed by atoms with Crippen molar-refractivity contribution in [3.05, 3.63) is 0 Å². The van der Waals surface area contributed by atoms with Crippen LogP contribution in [0.5, 0.6) is 0 Å². The van der Waals surface area contributed by atoms with E-state index in [2.05, 4.69) is 4.74 Å². The fourth-order valence-corrected chi connectivity index (χ4v) is 2.25. The average molecular weight is 454 g/mol. The van der Waals surface area contributed by atoms with Gasteiger partial charge in [-0.05, 0) is 0 Å². The summed E-state index contributed by atoms with van der Waals surface area (Å²) in [6.07, 6.45) is -23.0. The summed E-state index contributed by atoms with van der Waals surface area (Å²) in [7, 11) is 0. The van der Waals surface area contributed by atoms with Crippen molar-refractivity contribution in [1.82, 2.24) is 0 Å². The molecule has 172 valence electrons. The summed E-state index contributed by atoms with van der Waals surface area (Å²) in [5.41, 5.74) is 0. The van der Waals surface area contributed by atoms with Gasteiger partial charge in [-0.2, -0.15) is 39.5 Å². The quantitative estimate of drug-likeness (QED) is 0.355. The van der Waals surface area contributed by atoms with Crippen LogP contribution in [0.4, 0.5) is 43.9 Å². The van der Waals surface area contributed by atoms with Crippen LogP contribution in [0.2, 0.25) is 0 Å². The van der Waals surface area contributed by atoms with Crippen molar-refractivity contribution in [2.75, 3.05) is 39.6 Å². The van der Waals surface area contributed by atoms with Crippen LogP contribution in [0.15, 0.2) is 0 Å². The van der Waals surface area contributed by atoms with E-state index in [1.54, 1.807) is 0 Å².